The number of hydrogen-bond donors (Lipinski definition) is 3. The Morgan fingerprint density at radius 1 is 1.18 bits per heavy atom. The topological polar surface area (TPSA) is 101 Å². The highest BCUT2D eigenvalue weighted by Gasteiger charge is 2.38. The van der Waals surface area contributed by atoms with Crippen LogP contribution >= 0.6 is 0 Å². The molecule has 0 aliphatic heterocycles. The first kappa shape index (κ1) is 18.1. The molecule has 0 fully saturated rings. The van der Waals surface area contributed by atoms with E-state index >= 15 is 0 Å². The maximum atomic E-state index is 10.6. The van der Waals surface area contributed by atoms with Crippen LogP contribution in [0.4, 0.5) is 13.2 Å². The van der Waals surface area contributed by atoms with E-state index in [0.717, 1.165) is 0 Å². The molecule has 0 saturated carbocycles. The standard InChI is InChI=1S/C7H15NO2.C2HF3O2/c1-7(2,3)4-5(8)6(9)10;3-2(4,5)1(6)7/h5H,4,8H2,1-3H3,(H,9,10);(H,6,7)/t5-;/m1./s1. The minimum atomic E-state index is -5.08. The van der Waals surface area contributed by atoms with Gasteiger partial charge in [0.05, 0.1) is 0 Å². The summed E-state index contributed by atoms with van der Waals surface area (Å²) in [7, 11) is 0. The van der Waals surface area contributed by atoms with E-state index < -0.39 is 24.2 Å². The number of carbonyl (C=O) groups is 2. The number of hydrogen-bond acceptors (Lipinski definition) is 3. The zero-order chi connectivity index (χ0) is 14.4. The Morgan fingerprint density at radius 2 is 1.47 bits per heavy atom. The average Bonchev–Trinajstić information content (AvgIpc) is 1.99. The van der Waals surface area contributed by atoms with Crippen molar-refractivity contribution in [3.63, 3.8) is 0 Å². The molecule has 0 radical (unpaired) electrons. The van der Waals surface area contributed by atoms with Gasteiger partial charge in [-0.1, -0.05) is 20.8 Å². The first-order chi connectivity index (χ1) is 7.27. The summed E-state index contributed by atoms with van der Waals surface area (Å²) in [6.07, 6.45) is -4.57. The second-order valence-electron chi connectivity index (χ2n) is 4.51. The van der Waals surface area contributed by atoms with Crippen molar-refractivity contribution in [2.24, 2.45) is 11.1 Å². The summed E-state index contributed by atoms with van der Waals surface area (Å²) < 4.78 is 31.7. The number of halogens is 3. The summed E-state index contributed by atoms with van der Waals surface area (Å²) in [6, 6.07) is -0.722. The lowest BCUT2D eigenvalue weighted by Crippen LogP contribution is -2.34. The van der Waals surface area contributed by atoms with Crippen LogP contribution in [-0.4, -0.2) is 34.4 Å². The summed E-state index contributed by atoms with van der Waals surface area (Å²) in [6.45, 7) is 5.90. The number of aliphatic carboxylic acids is 2. The molecular weight excluding hydrogens is 243 g/mol. The second kappa shape index (κ2) is 6.43. The van der Waals surface area contributed by atoms with Crippen LogP contribution in [0, 0.1) is 5.41 Å². The number of alkyl halides is 3. The minimum absolute atomic E-state index is 0.00218. The van der Waals surface area contributed by atoms with Crippen LogP contribution in [0.5, 0.6) is 0 Å². The van der Waals surface area contributed by atoms with Gasteiger partial charge in [0.25, 0.3) is 0 Å². The predicted octanol–water partition coefficient (Wildman–Crippen LogP) is 1.47. The molecule has 0 amide bonds. The lowest BCUT2D eigenvalue weighted by Gasteiger charge is -2.20. The summed E-state index contributed by atoms with van der Waals surface area (Å²) in [5, 5.41) is 15.5. The monoisotopic (exact) mass is 259 g/mol. The molecule has 0 aromatic rings. The first-order valence-corrected chi connectivity index (χ1v) is 4.56. The molecule has 17 heavy (non-hydrogen) atoms. The lowest BCUT2D eigenvalue weighted by atomic mass is 9.88. The molecule has 0 aromatic heterocycles. The maximum absolute atomic E-state index is 10.6. The van der Waals surface area contributed by atoms with Crippen molar-refractivity contribution in [2.75, 3.05) is 0 Å². The Kier molecular flexibility index (Phi) is 6.83. The van der Waals surface area contributed by atoms with Crippen molar-refractivity contribution >= 4 is 11.9 Å². The Hall–Kier alpha value is -1.31. The van der Waals surface area contributed by atoms with Crippen LogP contribution in [0.15, 0.2) is 0 Å². The van der Waals surface area contributed by atoms with Crippen molar-refractivity contribution in [3.8, 4) is 0 Å². The lowest BCUT2D eigenvalue weighted by molar-refractivity contribution is -0.192. The molecule has 4 N–H and O–H groups in total. The Bertz CT molecular complexity index is 270. The van der Waals surface area contributed by atoms with Gasteiger partial charge in [-0.3, -0.25) is 4.79 Å². The molecule has 0 saturated heterocycles. The molecule has 0 aliphatic rings. The van der Waals surface area contributed by atoms with Gasteiger partial charge in [0.1, 0.15) is 6.04 Å². The van der Waals surface area contributed by atoms with Crippen molar-refractivity contribution in [3.05, 3.63) is 0 Å². The number of nitrogens with two attached hydrogens (primary N) is 1. The summed E-state index contributed by atoms with van der Waals surface area (Å²) in [5.74, 6) is -3.68. The minimum Gasteiger partial charge on any atom is -0.480 e. The average molecular weight is 259 g/mol. The molecule has 0 unspecified atom stereocenters. The van der Waals surface area contributed by atoms with Gasteiger partial charge >= 0.3 is 18.1 Å². The molecule has 0 rings (SSSR count). The van der Waals surface area contributed by atoms with Crippen molar-refractivity contribution in [1.82, 2.24) is 0 Å². The van der Waals surface area contributed by atoms with E-state index in [1.807, 2.05) is 20.8 Å². The molecule has 0 heterocycles. The van der Waals surface area contributed by atoms with Crippen LogP contribution in [-0.2, 0) is 9.59 Å². The second-order valence-corrected chi connectivity index (χ2v) is 4.51. The normalized spacial score (nSPS) is 13.4. The van der Waals surface area contributed by atoms with Crippen LogP contribution in [0.1, 0.15) is 27.2 Å². The van der Waals surface area contributed by atoms with E-state index in [1.165, 1.54) is 0 Å². The van der Waals surface area contributed by atoms with Gasteiger partial charge in [-0.25, -0.2) is 4.79 Å². The molecule has 1 atom stereocenters. The van der Waals surface area contributed by atoms with Crippen molar-refractivity contribution < 1.29 is 33.0 Å². The molecular formula is C9H16F3NO4. The quantitative estimate of drug-likeness (QED) is 0.697. The van der Waals surface area contributed by atoms with Crippen LogP contribution in [0.3, 0.4) is 0 Å². The van der Waals surface area contributed by atoms with Crippen LogP contribution in [0.25, 0.3) is 0 Å². The van der Waals surface area contributed by atoms with Gasteiger partial charge in [0, 0.05) is 0 Å². The van der Waals surface area contributed by atoms with E-state index in [4.69, 9.17) is 20.7 Å². The molecule has 0 aliphatic carbocycles. The van der Waals surface area contributed by atoms with Crippen molar-refractivity contribution in [1.29, 1.82) is 0 Å². The highest BCUT2D eigenvalue weighted by atomic mass is 19.4. The zero-order valence-electron chi connectivity index (χ0n) is 9.71. The van der Waals surface area contributed by atoms with Crippen molar-refractivity contribution in [2.45, 2.75) is 39.4 Å². The first-order valence-electron chi connectivity index (χ1n) is 4.56. The Morgan fingerprint density at radius 3 is 1.53 bits per heavy atom. The Balaban J connectivity index is 0. The van der Waals surface area contributed by atoms with Gasteiger partial charge in [0.2, 0.25) is 0 Å². The van der Waals surface area contributed by atoms with Gasteiger partial charge in [-0.05, 0) is 11.8 Å². The van der Waals surface area contributed by atoms with Gasteiger partial charge in [0.15, 0.2) is 0 Å². The Labute approximate surface area is 96.4 Å². The van der Waals surface area contributed by atoms with Gasteiger partial charge in [-0.15, -0.1) is 0 Å². The summed E-state index contributed by atoms with van der Waals surface area (Å²) >= 11 is 0. The molecule has 5 nitrogen and oxygen atoms in total. The van der Waals surface area contributed by atoms with Gasteiger partial charge < -0.3 is 15.9 Å². The van der Waals surface area contributed by atoms with Gasteiger partial charge in [-0.2, -0.15) is 13.2 Å². The summed E-state index contributed by atoms with van der Waals surface area (Å²) in [5.41, 5.74) is 5.30. The van der Waals surface area contributed by atoms with E-state index in [0.29, 0.717) is 6.42 Å². The van der Waals surface area contributed by atoms with Crippen LogP contribution < -0.4 is 5.73 Å². The third-order valence-electron chi connectivity index (χ3n) is 1.39. The van der Waals surface area contributed by atoms with E-state index in [9.17, 15) is 18.0 Å². The predicted molar refractivity (Wildman–Crippen MR) is 53.4 cm³/mol. The molecule has 8 heteroatoms. The summed E-state index contributed by atoms with van der Waals surface area (Å²) in [4.78, 5) is 19.1. The number of carboxylic acid groups (broad SMARTS) is 2. The maximum Gasteiger partial charge on any atom is 0.490 e. The molecule has 0 bridgehead atoms. The SMILES string of the molecule is CC(C)(C)C[C@@H](N)C(=O)O.O=C(O)C(F)(F)F. The molecule has 0 spiro atoms. The number of rotatable bonds is 2. The van der Waals surface area contributed by atoms with Crippen LogP contribution in [0.2, 0.25) is 0 Å². The zero-order valence-corrected chi connectivity index (χ0v) is 9.71. The van der Waals surface area contributed by atoms with E-state index in [-0.39, 0.29) is 5.41 Å². The highest BCUT2D eigenvalue weighted by molar-refractivity contribution is 5.73. The van der Waals surface area contributed by atoms with E-state index in [2.05, 4.69) is 0 Å². The highest BCUT2D eigenvalue weighted by Crippen LogP contribution is 2.19. The number of carboxylic acids is 2. The smallest absolute Gasteiger partial charge is 0.480 e. The largest absolute Gasteiger partial charge is 0.490 e. The fraction of sp³-hybridized carbons (Fsp3) is 0.778. The fourth-order valence-corrected chi connectivity index (χ4v) is 0.747. The fourth-order valence-electron chi connectivity index (χ4n) is 0.747. The van der Waals surface area contributed by atoms with E-state index in [1.54, 1.807) is 0 Å². The third-order valence-corrected chi connectivity index (χ3v) is 1.39. The molecule has 0 aromatic carbocycles. The third kappa shape index (κ3) is 12.6. The molecule has 102 valence electrons.